The Balaban J connectivity index is 2.14. The molecule has 0 fully saturated rings. The highest BCUT2D eigenvalue weighted by atomic mass is 79.9. The molecule has 0 amide bonds. The predicted octanol–water partition coefficient (Wildman–Crippen LogP) is 1.89. The van der Waals surface area contributed by atoms with Crippen LogP contribution in [0.25, 0.3) is 0 Å². The minimum atomic E-state index is -0.0462. The van der Waals surface area contributed by atoms with Crippen LogP contribution in [-0.4, -0.2) is 10.9 Å². The smallest absolute Gasteiger partial charge is 0.236 e. The van der Waals surface area contributed by atoms with Crippen LogP contribution in [0, 0.1) is 11.3 Å². The van der Waals surface area contributed by atoms with E-state index in [1.165, 1.54) is 0 Å². The fourth-order valence-corrected chi connectivity index (χ4v) is 1.82. The normalized spacial score (nSPS) is 9.78. The number of benzene rings is 1. The van der Waals surface area contributed by atoms with Crippen LogP contribution in [-0.2, 0) is 6.54 Å². The summed E-state index contributed by atoms with van der Waals surface area (Å²) in [7, 11) is 0. The van der Waals surface area contributed by atoms with Crippen LogP contribution in [0.1, 0.15) is 15.9 Å². The Hall–Kier alpha value is -2.06. The fraction of sp³-hybridized carbons (Fsp3) is 0.0769. The Labute approximate surface area is 113 Å². The lowest BCUT2D eigenvalue weighted by atomic mass is 10.1. The van der Waals surface area contributed by atoms with Crippen LogP contribution in [0.2, 0.25) is 0 Å². The molecule has 0 N–H and O–H groups in total. The molecule has 0 bridgehead atoms. The van der Waals surface area contributed by atoms with E-state index in [9.17, 15) is 4.79 Å². The van der Waals surface area contributed by atoms with Gasteiger partial charge in [-0.3, -0.25) is 4.79 Å². The second-order valence-corrected chi connectivity index (χ2v) is 4.45. The largest absolute Gasteiger partial charge is 0.287 e. The highest BCUT2D eigenvalue weighted by Crippen LogP contribution is 2.04. The summed E-state index contributed by atoms with van der Waals surface area (Å²) < 4.78 is 2.24. The summed E-state index contributed by atoms with van der Waals surface area (Å²) in [6.07, 6.45) is 1.73. The van der Waals surface area contributed by atoms with Crippen molar-refractivity contribution in [1.82, 2.24) is 5.10 Å². The molecule has 0 saturated carbocycles. The third kappa shape index (κ3) is 2.99. The Bertz CT molecular complexity index is 617. The average Bonchev–Trinajstić information content (AvgIpc) is 2.39. The van der Waals surface area contributed by atoms with Crippen molar-refractivity contribution in [3.63, 3.8) is 0 Å². The molecule has 0 radical (unpaired) electrons. The second kappa shape index (κ2) is 5.52. The van der Waals surface area contributed by atoms with Gasteiger partial charge in [0.2, 0.25) is 12.3 Å². The molecule has 4 nitrogen and oxygen atoms in total. The number of carbonyl (C=O) groups excluding carboxylic acids is 1. The molecular formula is C13H9BrN3O+. The molecule has 1 aromatic carbocycles. The van der Waals surface area contributed by atoms with E-state index in [1.807, 2.05) is 12.1 Å². The lowest BCUT2D eigenvalue weighted by molar-refractivity contribution is -0.742. The van der Waals surface area contributed by atoms with Gasteiger partial charge in [-0.1, -0.05) is 4.68 Å². The number of nitrogens with zero attached hydrogens (tertiary/aromatic N) is 3. The summed E-state index contributed by atoms with van der Waals surface area (Å²) in [5.41, 5.74) is 1.11. The monoisotopic (exact) mass is 302 g/mol. The van der Waals surface area contributed by atoms with Crippen molar-refractivity contribution in [2.75, 3.05) is 0 Å². The summed E-state index contributed by atoms with van der Waals surface area (Å²) in [4.78, 5) is 12.0. The maximum atomic E-state index is 12.0. The van der Waals surface area contributed by atoms with Crippen molar-refractivity contribution in [3.05, 3.63) is 58.3 Å². The summed E-state index contributed by atoms with van der Waals surface area (Å²) >= 11 is 3.25. The topological polar surface area (TPSA) is 57.6 Å². The summed E-state index contributed by atoms with van der Waals surface area (Å²) in [5.74, 6) is -0.0462. The van der Waals surface area contributed by atoms with Crippen LogP contribution >= 0.6 is 15.9 Å². The number of nitriles is 1. The van der Waals surface area contributed by atoms with Crippen molar-refractivity contribution in [2.45, 2.75) is 6.54 Å². The molecule has 2 rings (SSSR count). The average molecular weight is 303 g/mol. The number of hydrogen-bond acceptors (Lipinski definition) is 3. The van der Waals surface area contributed by atoms with Crippen LogP contribution in [0.15, 0.2) is 47.2 Å². The molecule has 0 aliphatic carbocycles. The number of aromatic nitrogens is 2. The zero-order valence-corrected chi connectivity index (χ0v) is 11.0. The molecular weight excluding hydrogens is 294 g/mol. The first kappa shape index (κ1) is 12.4. The maximum Gasteiger partial charge on any atom is 0.236 e. The first-order valence-electron chi connectivity index (χ1n) is 5.25. The molecule has 1 aromatic heterocycles. The summed E-state index contributed by atoms with van der Waals surface area (Å²) in [5, 5.41) is 12.8. The fourth-order valence-electron chi connectivity index (χ4n) is 1.47. The standard InChI is InChI=1S/C13H9BrN3O/c14-13-2-1-7-17(16-13)9-12(18)11-5-3-10(8-15)4-6-11/h1-7H,9H2/q+1. The van der Waals surface area contributed by atoms with Gasteiger partial charge in [-0.15, -0.1) is 0 Å². The van der Waals surface area contributed by atoms with Gasteiger partial charge in [0.1, 0.15) is 0 Å². The van der Waals surface area contributed by atoms with Crippen LogP contribution < -0.4 is 4.68 Å². The van der Waals surface area contributed by atoms with Gasteiger partial charge in [-0.2, -0.15) is 5.26 Å². The minimum Gasteiger partial charge on any atom is -0.287 e. The Morgan fingerprint density at radius 1 is 1.33 bits per heavy atom. The van der Waals surface area contributed by atoms with E-state index < -0.39 is 0 Å². The maximum absolute atomic E-state index is 12.0. The van der Waals surface area contributed by atoms with Gasteiger partial charge >= 0.3 is 0 Å². The van der Waals surface area contributed by atoms with Crippen molar-refractivity contribution in [1.29, 1.82) is 5.26 Å². The van der Waals surface area contributed by atoms with Crippen molar-refractivity contribution in [2.24, 2.45) is 0 Å². The molecule has 0 unspecified atom stereocenters. The molecule has 0 atom stereocenters. The highest BCUT2D eigenvalue weighted by Gasteiger charge is 2.13. The highest BCUT2D eigenvalue weighted by molar-refractivity contribution is 9.10. The molecule has 0 aliphatic heterocycles. The third-order valence-electron chi connectivity index (χ3n) is 2.36. The number of Topliss-reactive ketones (excluding diaryl/α,β-unsaturated/α-hetero) is 1. The lowest BCUT2D eigenvalue weighted by Crippen LogP contribution is -2.41. The van der Waals surface area contributed by atoms with Gasteiger partial charge in [-0.25, -0.2) is 0 Å². The molecule has 18 heavy (non-hydrogen) atoms. The number of carbonyl (C=O) groups is 1. The van der Waals surface area contributed by atoms with Crippen LogP contribution in [0.4, 0.5) is 0 Å². The number of halogens is 1. The quantitative estimate of drug-likeness (QED) is 0.642. The van der Waals surface area contributed by atoms with Crippen molar-refractivity contribution in [3.8, 4) is 6.07 Å². The Kier molecular flexibility index (Phi) is 3.80. The Morgan fingerprint density at radius 3 is 2.67 bits per heavy atom. The summed E-state index contributed by atoms with van der Waals surface area (Å²) in [6, 6.07) is 12.2. The van der Waals surface area contributed by atoms with Gasteiger partial charge in [0.05, 0.1) is 11.6 Å². The first-order chi connectivity index (χ1) is 8.69. The zero-order valence-electron chi connectivity index (χ0n) is 9.38. The molecule has 0 saturated heterocycles. The first-order valence-corrected chi connectivity index (χ1v) is 6.04. The van der Waals surface area contributed by atoms with E-state index in [4.69, 9.17) is 5.26 Å². The molecule has 0 spiro atoms. The SMILES string of the molecule is N#Cc1ccc(C(=O)C[n+]2cccc(Br)n2)cc1. The summed E-state index contributed by atoms with van der Waals surface area (Å²) in [6.45, 7) is 0.172. The van der Waals surface area contributed by atoms with E-state index in [1.54, 1.807) is 41.2 Å². The molecule has 1 heterocycles. The van der Waals surface area contributed by atoms with Gasteiger partial charge in [0.25, 0.3) is 0 Å². The second-order valence-electron chi connectivity index (χ2n) is 3.64. The lowest BCUT2D eigenvalue weighted by Gasteiger charge is -1.97. The molecule has 2 aromatic rings. The third-order valence-corrected chi connectivity index (χ3v) is 2.78. The van der Waals surface area contributed by atoms with Crippen LogP contribution in [0.5, 0.6) is 0 Å². The van der Waals surface area contributed by atoms with Gasteiger partial charge in [-0.05, 0) is 46.3 Å². The Morgan fingerprint density at radius 2 is 2.06 bits per heavy atom. The van der Waals surface area contributed by atoms with Gasteiger partial charge in [0, 0.05) is 16.7 Å². The van der Waals surface area contributed by atoms with E-state index in [0.29, 0.717) is 15.7 Å². The van der Waals surface area contributed by atoms with Gasteiger partial charge in [0.15, 0.2) is 10.8 Å². The van der Waals surface area contributed by atoms with E-state index in [-0.39, 0.29) is 12.3 Å². The van der Waals surface area contributed by atoms with Crippen molar-refractivity contribution >= 4 is 21.7 Å². The van der Waals surface area contributed by atoms with Gasteiger partial charge < -0.3 is 0 Å². The molecule has 88 valence electrons. The van der Waals surface area contributed by atoms with E-state index in [2.05, 4.69) is 21.0 Å². The minimum absolute atomic E-state index is 0.0462. The number of hydrogen-bond donors (Lipinski definition) is 0. The number of ketones is 1. The number of rotatable bonds is 3. The van der Waals surface area contributed by atoms with Crippen LogP contribution in [0.3, 0.4) is 0 Å². The molecule has 5 heteroatoms. The molecule has 0 aliphatic rings. The van der Waals surface area contributed by atoms with E-state index >= 15 is 0 Å². The van der Waals surface area contributed by atoms with Crippen molar-refractivity contribution < 1.29 is 9.48 Å². The van der Waals surface area contributed by atoms with E-state index in [0.717, 1.165) is 0 Å². The predicted molar refractivity (Wildman–Crippen MR) is 67.6 cm³/mol. The zero-order chi connectivity index (χ0) is 13.0.